The molecule has 2 nitrogen and oxygen atoms in total. The van der Waals surface area contributed by atoms with E-state index in [0.717, 1.165) is 6.42 Å². The summed E-state index contributed by atoms with van der Waals surface area (Å²) in [5.74, 6) is 0.645. The van der Waals surface area contributed by atoms with Crippen LogP contribution in [-0.2, 0) is 0 Å². The fraction of sp³-hybridized carbons (Fsp3) is 1.00. The van der Waals surface area contributed by atoms with Crippen LogP contribution in [0.3, 0.4) is 0 Å². The Kier molecular flexibility index (Phi) is 2.01. The minimum absolute atomic E-state index is 0.0885. The van der Waals surface area contributed by atoms with Gasteiger partial charge in [-0.05, 0) is 30.6 Å². The topological polar surface area (TPSA) is 52.0 Å². The van der Waals surface area contributed by atoms with Gasteiger partial charge in [-0.25, -0.2) is 0 Å². The van der Waals surface area contributed by atoms with Gasteiger partial charge in [-0.2, -0.15) is 0 Å². The lowest BCUT2D eigenvalue weighted by atomic mass is 9.63. The van der Waals surface area contributed by atoms with Crippen LogP contribution in [0.15, 0.2) is 0 Å². The van der Waals surface area contributed by atoms with Crippen molar-refractivity contribution in [1.29, 1.82) is 0 Å². The summed E-state index contributed by atoms with van der Waals surface area (Å²) in [6.07, 6.45) is 3.41. The van der Waals surface area contributed by atoms with Crippen LogP contribution in [0.2, 0.25) is 0 Å². The van der Waals surface area contributed by atoms with Crippen molar-refractivity contribution in [2.75, 3.05) is 0 Å². The van der Waals surface area contributed by atoms with Crippen molar-refractivity contribution in [3.8, 4) is 0 Å². The van der Waals surface area contributed by atoms with Gasteiger partial charge in [0.05, 0.1) is 5.66 Å². The number of rotatable bonds is 0. The predicted molar refractivity (Wildman–Crippen MR) is 47.9 cm³/mol. The Balaban J connectivity index is 2.82. The molecule has 1 fully saturated rings. The normalized spacial score (nSPS) is 35.2. The molecule has 0 saturated heterocycles. The van der Waals surface area contributed by atoms with Crippen molar-refractivity contribution in [2.24, 2.45) is 22.8 Å². The molecular formula is C9H20N2. The summed E-state index contributed by atoms with van der Waals surface area (Å²) in [6, 6.07) is 0. The molecule has 0 bridgehead atoms. The molecule has 1 saturated carbocycles. The monoisotopic (exact) mass is 156 g/mol. The molecule has 0 heterocycles. The molecule has 0 amide bonds. The third-order valence-electron chi connectivity index (χ3n) is 3.66. The lowest BCUT2D eigenvalue weighted by Crippen LogP contribution is -2.64. The van der Waals surface area contributed by atoms with Crippen molar-refractivity contribution >= 4 is 0 Å². The van der Waals surface area contributed by atoms with Crippen LogP contribution in [0.25, 0.3) is 0 Å². The highest BCUT2D eigenvalue weighted by molar-refractivity contribution is 4.98. The average Bonchev–Trinajstić information content (AvgIpc) is 1.84. The van der Waals surface area contributed by atoms with Crippen LogP contribution < -0.4 is 11.5 Å². The first kappa shape index (κ1) is 9.01. The van der Waals surface area contributed by atoms with Gasteiger partial charge in [0.25, 0.3) is 0 Å². The first-order valence-electron chi connectivity index (χ1n) is 4.46. The standard InChI is InChI=1S/C9H20N2/c1-7-5-4-6-9(10,11)8(7,2)3/h7H,4-6,10-11H2,1-3H3. The Morgan fingerprint density at radius 2 is 1.82 bits per heavy atom. The fourth-order valence-electron chi connectivity index (χ4n) is 1.84. The number of nitrogens with two attached hydrogens (primary N) is 2. The smallest absolute Gasteiger partial charge is 0.0691 e. The molecule has 1 aliphatic carbocycles. The van der Waals surface area contributed by atoms with Gasteiger partial charge in [0, 0.05) is 0 Å². The highest BCUT2D eigenvalue weighted by atomic mass is 15.0. The summed E-state index contributed by atoms with van der Waals surface area (Å²) in [5.41, 5.74) is 11.7. The van der Waals surface area contributed by atoms with E-state index in [4.69, 9.17) is 11.5 Å². The molecule has 2 heteroatoms. The SMILES string of the molecule is CC1CCCC(N)(N)C1(C)C. The molecule has 0 aliphatic heterocycles. The second kappa shape index (κ2) is 2.46. The summed E-state index contributed by atoms with van der Waals surface area (Å²) in [7, 11) is 0. The molecule has 0 aromatic carbocycles. The molecular weight excluding hydrogens is 136 g/mol. The van der Waals surface area contributed by atoms with Crippen LogP contribution in [0.4, 0.5) is 0 Å². The molecule has 0 spiro atoms. The molecule has 1 atom stereocenters. The molecule has 0 radical (unpaired) electrons. The maximum atomic E-state index is 6.02. The second-order valence-electron chi connectivity index (χ2n) is 4.56. The first-order valence-corrected chi connectivity index (χ1v) is 4.46. The third kappa shape index (κ3) is 1.30. The van der Waals surface area contributed by atoms with E-state index >= 15 is 0 Å². The molecule has 0 aromatic heterocycles. The largest absolute Gasteiger partial charge is 0.313 e. The van der Waals surface area contributed by atoms with Gasteiger partial charge in [-0.15, -0.1) is 0 Å². The zero-order valence-electron chi connectivity index (χ0n) is 7.85. The van der Waals surface area contributed by atoms with Crippen LogP contribution in [0.5, 0.6) is 0 Å². The Hall–Kier alpha value is -0.0800. The summed E-state index contributed by atoms with van der Waals surface area (Å²) in [5, 5.41) is 0. The van der Waals surface area contributed by atoms with E-state index in [1.54, 1.807) is 0 Å². The quantitative estimate of drug-likeness (QED) is 0.521. The van der Waals surface area contributed by atoms with Gasteiger partial charge >= 0.3 is 0 Å². The summed E-state index contributed by atoms with van der Waals surface area (Å²) >= 11 is 0. The molecule has 4 N–H and O–H groups in total. The second-order valence-corrected chi connectivity index (χ2v) is 4.56. The lowest BCUT2D eigenvalue weighted by Gasteiger charge is -2.49. The summed E-state index contributed by atoms with van der Waals surface area (Å²) in [4.78, 5) is 0. The fourth-order valence-corrected chi connectivity index (χ4v) is 1.84. The van der Waals surface area contributed by atoms with Crippen molar-refractivity contribution < 1.29 is 0 Å². The van der Waals surface area contributed by atoms with E-state index in [2.05, 4.69) is 20.8 Å². The van der Waals surface area contributed by atoms with E-state index < -0.39 is 5.66 Å². The van der Waals surface area contributed by atoms with E-state index in [9.17, 15) is 0 Å². The minimum Gasteiger partial charge on any atom is -0.313 e. The lowest BCUT2D eigenvalue weighted by molar-refractivity contribution is 0.0456. The predicted octanol–water partition coefficient (Wildman–Crippen LogP) is 1.45. The zero-order chi connectivity index (χ0) is 8.70. The molecule has 1 unspecified atom stereocenters. The van der Waals surface area contributed by atoms with E-state index in [1.165, 1.54) is 12.8 Å². The van der Waals surface area contributed by atoms with Crippen LogP contribution in [0.1, 0.15) is 40.0 Å². The Labute approximate surface area is 69.3 Å². The van der Waals surface area contributed by atoms with Crippen molar-refractivity contribution in [1.82, 2.24) is 0 Å². The molecule has 1 rings (SSSR count). The molecule has 66 valence electrons. The maximum Gasteiger partial charge on any atom is 0.0691 e. The zero-order valence-corrected chi connectivity index (χ0v) is 7.85. The Morgan fingerprint density at radius 1 is 1.27 bits per heavy atom. The van der Waals surface area contributed by atoms with Gasteiger partial charge in [0.15, 0.2) is 0 Å². The van der Waals surface area contributed by atoms with Crippen LogP contribution in [0, 0.1) is 11.3 Å². The molecule has 1 aliphatic rings. The van der Waals surface area contributed by atoms with Crippen LogP contribution in [-0.4, -0.2) is 5.66 Å². The van der Waals surface area contributed by atoms with Gasteiger partial charge < -0.3 is 11.5 Å². The van der Waals surface area contributed by atoms with E-state index in [1.807, 2.05) is 0 Å². The van der Waals surface area contributed by atoms with Crippen LogP contribution >= 0.6 is 0 Å². The van der Waals surface area contributed by atoms with Crippen molar-refractivity contribution in [3.63, 3.8) is 0 Å². The average molecular weight is 156 g/mol. The van der Waals surface area contributed by atoms with Crippen molar-refractivity contribution in [3.05, 3.63) is 0 Å². The maximum absolute atomic E-state index is 6.02. The number of hydrogen-bond acceptors (Lipinski definition) is 2. The first-order chi connectivity index (χ1) is 4.88. The van der Waals surface area contributed by atoms with Gasteiger partial charge in [-0.3, -0.25) is 0 Å². The highest BCUT2D eigenvalue weighted by Crippen LogP contribution is 2.43. The van der Waals surface area contributed by atoms with E-state index in [-0.39, 0.29) is 5.41 Å². The Morgan fingerprint density at radius 3 is 2.18 bits per heavy atom. The van der Waals surface area contributed by atoms with Gasteiger partial charge in [0.1, 0.15) is 0 Å². The van der Waals surface area contributed by atoms with Gasteiger partial charge in [-0.1, -0.05) is 20.8 Å². The third-order valence-corrected chi connectivity index (χ3v) is 3.66. The molecule has 11 heavy (non-hydrogen) atoms. The van der Waals surface area contributed by atoms with E-state index in [0.29, 0.717) is 5.92 Å². The van der Waals surface area contributed by atoms with Crippen molar-refractivity contribution in [2.45, 2.75) is 45.7 Å². The van der Waals surface area contributed by atoms with Gasteiger partial charge in [0.2, 0.25) is 0 Å². The minimum atomic E-state index is -0.454. The molecule has 0 aromatic rings. The number of hydrogen-bond donors (Lipinski definition) is 2. The summed E-state index contributed by atoms with van der Waals surface area (Å²) < 4.78 is 0. The Bertz CT molecular complexity index is 150. The highest BCUT2D eigenvalue weighted by Gasteiger charge is 2.44. The summed E-state index contributed by atoms with van der Waals surface area (Å²) in [6.45, 7) is 6.60.